The minimum absolute atomic E-state index is 0.222. The summed E-state index contributed by atoms with van der Waals surface area (Å²) in [5.41, 5.74) is 1.14. The molecule has 0 aliphatic heterocycles. The van der Waals surface area contributed by atoms with E-state index in [4.69, 9.17) is 4.74 Å². The molecule has 1 rings (SSSR count). The predicted molar refractivity (Wildman–Crippen MR) is 56.0 cm³/mol. The minimum Gasteiger partial charge on any atom is -0.380 e. The van der Waals surface area contributed by atoms with Gasteiger partial charge in [0.25, 0.3) is 0 Å². The maximum Gasteiger partial charge on any atom is 0.0741 e. The summed E-state index contributed by atoms with van der Waals surface area (Å²) >= 11 is 0. The number of para-hydroxylation sites is 1. The fourth-order valence-corrected chi connectivity index (χ4v) is 1.12. The van der Waals surface area contributed by atoms with Gasteiger partial charge in [0.15, 0.2) is 0 Å². The van der Waals surface area contributed by atoms with E-state index in [0.717, 1.165) is 5.69 Å². The molecule has 2 nitrogen and oxygen atoms in total. The minimum atomic E-state index is 0.222. The predicted octanol–water partition coefficient (Wildman–Crippen LogP) is 2.52. The first-order valence-electron chi connectivity index (χ1n) is 4.58. The Morgan fingerprint density at radius 1 is 1.15 bits per heavy atom. The van der Waals surface area contributed by atoms with Crippen LogP contribution in [0.2, 0.25) is 0 Å². The zero-order valence-corrected chi connectivity index (χ0v) is 8.45. The number of benzene rings is 1. The summed E-state index contributed by atoms with van der Waals surface area (Å²) in [5.74, 6) is 0. The number of hydrogen-bond acceptors (Lipinski definition) is 2. The van der Waals surface area contributed by atoms with E-state index in [1.807, 2.05) is 18.2 Å². The van der Waals surface area contributed by atoms with Crippen LogP contribution >= 0.6 is 0 Å². The fourth-order valence-electron chi connectivity index (χ4n) is 1.12. The standard InChI is InChI=1S/C11H17NO/c1-9(10(2)13-3)12-11-7-5-4-6-8-11/h4-10,12H,1-3H3. The normalized spacial score (nSPS) is 15.0. The molecule has 0 heterocycles. The van der Waals surface area contributed by atoms with Gasteiger partial charge in [-0.1, -0.05) is 18.2 Å². The van der Waals surface area contributed by atoms with Crippen LogP contribution in [0.5, 0.6) is 0 Å². The molecule has 2 atom stereocenters. The maximum absolute atomic E-state index is 5.22. The van der Waals surface area contributed by atoms with Gasteiger partial charge in [0, 0.05) is 18.8 Å². The molecule has 0 aromatic heterocycles. The SMILES string of the molecule is COC(C)C(C)Nc1ccccc1. The molecule has 72 valence electrons. The third-order valence-corrected chi connectivity index (χ3v) is 2.24. The van der Waals surface area contributed by atoms with Crippen LogP contribution in [-0.4, -0.2) is 19.3 Å². The average Bonchev–Trinajstić information content (AvgIpc) is 2.18. The molecule has 2 heteroatoms. The van der Waals surface area contributed by atoms with Crippen LogP contribution in [-0.2, 0) is 4.74 Å². The summed E-state index contributed by atoms with van der Waals surface area (Å²) in [5, 5.41) is 3.37. The Hall–Kier alpha value is -1.02. The number of hydrogen-bond donors (Lipinski definition) is 1. The second kappa shape index (κ2) is 4.87. The molecule has 0 saturated carbocycles. The molecule has 13 heavy (non-hydrogen) atoms. The zero-order valence-electron chi connectivity index (χ0n) is 8.45. The van der Waals surface area contributed by atoms with Crippen molar-refractivity contribution in [2.24, 2.45) is 0 Å². The van der Waals surface area contributed by atoms with E-state index < -0.39 is 0 Å². The molecule has 0 saturated heterocycles. The Balaban J connectivity index is 2.50. The van der Waals surface area contributed by atoms with Crippen LogP contribution < -0.4 is 5.32 Å². The fraction of sp³-hybridized carbons (Fsp3) is 0.455. The second-order valence-corrected chi connectivity index (χ2v) is 3.24. The molecule has 1 aromatic carbocycles. The third kappa shape index (κ3) is 3.07. The molecule has 0 aliphatic carbocycles. The van der Waals surface area contributed by atoms with Crippen molar-refractivity contribution >= 4 is 5.69 Å². The first-order valence-corrected chi connectivity index (χ1v) is 4.58. The van der Waals surface area contributed by atoms with E-state index in [1.165, 1.54) is 0 Å². The van der Waals surface area contributed by atoms with Crippen LogP contribution in [0.1, 0.15) is 13.8 Å². The van der Waals surface area contributed by atoms with Gasteiger partial charge in [0.1, 0.15) is 0 Å². The summed E-state index contributed by atoms with van der Waals surface area (Å²) in [6.45, 7) is 4.17. The van der Waals surface area contributed by atoms with Gasteiger partial charge in [0.2, 0.25) is 0 Å². The summed E-state index contributed by atoms with van der Waals surface area (Å²) in [6.07, 6.45) is 0.222. The monoisotopic (exact) mass is 179 g/mol. The maximum atomic E-state index is 5.22. The van der Waals surface area contributed by atoms with E-state index in [-0.39, 0.29) is 6.10 Å². The lowest BCUT2D eigenvalue weighted by Gasteiger charge is -2.20. The Morgan fingerprint density at radius 2 is 1.77 bits per heavy atom. The smallest absolute Gasteiger partial charge is 0.0741 e. The molecule has 0 amide bonds. The summed E-state index contributed by atoms with van der Waals surface area (Å²) < 4.78 is 5.22. The first kappa shape index (κ1) is 10.1. The van der Waals surface area contributed by atoms with E-state index in [9.17, 15) is 0 Å². The van der Waals surface area contributed by atoms with Gasteiger partial charge in [-0.05, 0) is 26.0 Å². The molecular formula is C11H17NO. The van der Waals surface area contributed by atoms with Crippen LogP contribution in [0.4, 0.5) is 5.69 Å². The average molecular weight is 179 g/mol. The number of nitrogens with one attached hydrogen (secondary N) is 1. The van der Waals surface area contributed by atoms with Crippen molar-refractivity contribution in [2.75, 3.05) is 12.4 Å². The van der Waals surface area contributed by atoms with E-state index in [1.54, 1.807) is 7.11 Å². The van der Waals surface area contributed by atoms with Crippen molar-refractivity contribution in [2.45, 2.75) is 26.0 Å². The van der Waals surface area contributed by atoms with E-state index >= 15 is 0 Å². The number of methoxy groups -OCH3 is 1. The molecular weight excluding hydrogens is 162 g/mol. The lowest BCUT2D eigenvalue weighted by molar-refractivity contribution is 0.106. The lowest BCUT2D eigenvalue weighted by atomic mass is 10.2. The van der Waals surface area contributed by atoms with Crippen LogP contribution in [0.3, 0.4) is 0 Å². The Morgan fingerprint density at radius 3 is 2.31 bits per heavy atom. The number of ether oxygens (including phenoxy) is 1. The molecule has 0 spiro atoms. The topological polar surface area (TPSA) is 21.3 Å². The summed E-state index contributed by atoms with van der Waals surface area (Å²) in [4.78, 5) is 0. The highest BCUT2D eigenvalue weighted by molar-refractivity contribution is 5.43. The van der Waals surface area contributed by atoms with Gasteiger partial charge in [0.05, 0.1) is 6.10 Å². The Labute approximate surface area is 79.9 Å². The Bertz CT molecular complexity index is 235. The van der Waals surface area contributed by atoms with Crippen molar-refractivity contribution in [1.29, 1.82) is 0 Å². The molecule has 0 radical (unpaired) electrons. The highest BCUT2D eigenvalue weighted by Gasteiger charge is 2.09. The van der Waals surface area contributed by atoms with Gasteiger partial charge in [-0.3, -0.25) is 0 Å². The van der Waals surface area contributed by atoms with Gasteiger partial charge in [-0.15, -0.1) is 0 Å². The van der Waals surface area contributed by atoms with Crippen molar-refractivity contribution in [1.82, 2.24) is 0 Å². The van der Waals surface area contributed by atoms with Crippen molar-refractivity contribution in [3.8, 4) is 0 Å². The zero-order chi connectivity index (χ0) is 9.68. The Kier molecular flexibility index (Phi) is 3.77. The highest BCUT2D eigenvalue weighted by atomic mass is 16.5. The lowest BCUT2D eigenvalue weighted by Crippen LogP contribution is -2.29. The largest absolute Gasteiger partial charge is 0.380 e. The van der Waals surface area contributed by atoms with Crippen molar-refractivity contribution in [3.63, 3.8) is 0 Å². The second-order valence-electron chi connectivity index (χ2n) is 3.24. The first-order chi connectivity index (χ1) is 6.24. The van der Waals surface area contributed by atoms with Gasteiger partial charge >= 0.3 is 0 Å². The summed E-state index contributed by atoms with van der Waals surface area (Å²) in [6, 6.07) is 10.5. The quantitative estimate of drug-likeness (QED) is 0.766. The molecule has 0 aliphatic rings. The van der Waals surface area contributed by atoms with E-state index in [2.05, 4.69) is 31.3 Å². The molecule has 0 bridgehead atoms. The van der Waals surface area contributed by atoms with E-state index in [0.29, 0.717) is 6.04 Å². The summed E-state index contributed by atoms with van der Waals surface area (Å²) in [7, 11) is 1.73. The molecule has 2 unspecified atom stereocenters. The molecule has 1 aromatic rings. The molecule has 1 N–H and O–H groups in total. The van der Waals surface area contributed by atoms with Gasteiger partial charge < -0.3 is 10.1 Å². The van der Waals surface area contributed by atoms with Crippen LogP contribution in [0.15, 0.2) is 30.3 Å². The van der Waals surface area contributed by atoms with Crippen molar-refractivity contribution in [3.05, 3.63) is 30.3 Å². The highest BCUT2D eigenvalue weighted by Crippen LogP contribution is 2.09. The number of anilines is 1. The van der Waals surface area contributed by atoms with Gasteiger partial charge in [-0.2, -0.15) is 0 Å². The van der Waals surface area contributed by atoms with Crippen LogP contribution in [0, 0.1) is 0 Å². The third-order valence-electron chi connectivity index (χ3n) is 2.24. The molecule has 0 fully saturated rings. The van der Waals surface area contributed by atoms with Gasteiger partial charge in [-0.25, -0.2) is 0 Å². The van der Waals surface area contributed by atoms with Crippen LogP contribution in [0.25, 0.3) is 0 Å². The number of rotatable bonds is 4. The van der Waals surface area contributed by atoms with Crippen molar-refractivity contribution < 1.29 is 4.74 Å².